The Kier molecular flexibility index (Phi) is 6.07. The van der Waals surface area contributed by atoms with Crippen LogP contribution in [0.1, 0.15) is 19.8 Å². The van der Waals surface area contributed by atoms with Gasteiger partial charge in [-0.05, 0) is 6.42 Å². The number of aliphatic hydroxyl groups is 1. The summed E-state index contributed by atoms with van der Waals surface area (Å²) >= 11 is 0. The number of nitrogens with zero attached hydrogens (tertiary/aromatic N) is 1. The van der Waals surface area contributed by atoms with Gasteiger partial charge in [-0.2, -0.15) is 0 Å². The van der Waals surface area contributed by atoms with E-state index in [1.165, 1.54) is 0 Å². The van der Waals surface area contributed by atoms with Crippen LogP contribution in [0.15, 0.2) is 0 Å². The molecule has 1 rings (SSSR count). The first-order valence-corrected chi connectivity index (χ1v) is 6.30. The summed E-state index contributed by atoms with van der Waals surface area (Å²) in [6.45, 7) is 3.27. The number of aliphatic hydroxyl groups excluding tert-OH is 1. The van der Waals surface area contributed by atoms with Crippen molar-refractivity contribution in [3.8, 4) is 0 Å². The molecule has 0 saturated carbocycles. The van der Waals surface area contributed by atoms with E-state index >= 15 is 0 Å². The highest BCUT2D eigenvalue weighted by molar-refractivity contribution is 5.89. The van der Waals surface area contributed by atoms with Crippen molar-refractivity contribution in [1.82, 2.24) is 10.2 Å². The Bertz CT molecular complexity index is 292. The number of hydrogen-bond acceptors (Lipinski definition) is 4. The number of carbonyl (C=O) groups excluding carboxylic acids is 2. The summed E-state index contributed by atoms with van der Waals surface area (Å²) in [5.74, 6) is -0.469. The maximum absolute atomic E-state index is 11.9. The molecule has 2 amide bonds. The summed E-state index contributed by atoms with van der Waals surface area (Å²) in [7, 11) is 1.58. The standard InChI is InChI=1S/C12H22N2O4/c1-3-10(8-15)13-12(17)9-6-11(16)14(7-9)4-5-18-2/h9-10,15H,3-8H2,1-2H3,(H,13,17)/t9?,10-/m0/s1. The second kappa shape index (κ2) is 7.33. The maximum Gasteiger partial charge on any atom is 0.225 e. The number of methoxy groups -OCH3 is 1. The van der Waals surface area contributed by atoms with Crippen molar-refractivity contribution in [2.24, 2.45) is 5.92 Å². The lowest BCUT2D eigenvalue weighted by atomic mass is 10.1. The molecule has 1 heterocycles. The van der Waals surface area contributed by atoms with Crippen LogP contribution < -0.4 is 5.32 Å². The van der Waals surface area contributed by atoms with E-state index in [-0.39, 0.29) is 36.8 Å². The Morgan fingerprint density at radius 3 is 2.94 bits per heavy atom. The van der Waals surface area contributed by atoms with Gasteiger partial charge in [0.1, 0.15) is 0 Å². The zero-order valence-corrected chi connectivity index (χ0v) is 11.0. The molecule has 1 aliphatic heterocycles. The Morgan fingerprint density at radius 2 is 2.39 bits per heavy atom. The largest absolute Gasteiger partial charge is 0.394 e. The van der Waals surface area contributed by atoms with Crippen molar-refractivity contribution < 1.29 is 19.4 Å². The number of ether oxygens (including phenoxy) is 1. The number of likely N-dealkylation sites (tertiary alicyclic amines) is 1. The van der Waals surface area contributed by atoms with Crippen molar-refractivity contribution in [1.29, 1.82) is 0 Å². The first kappa shape index (κ1) is 14.9. The van der Waals surface area contributed by atoms with Gasteiger partial charge in [0, 0.05) is 26.6 Å². The minimum atomic E-state index is -0.310. The summed E-state index contributed by atoms with van der Waals surface area (Å²) in [5.41, 5.74) is 0. The molecule has 1 saturated heterocycles. The van der Waals surface area contributed by atoms with Crippen LogP contribution in [0, 0.1) is 5.92 Å². The lowest BCUT2D eigenvalue weighted by Crippen LogP contribution is -2.41. The van der Waals surface area contributed by atoms with Gasteiger partial charge in [-0.25, -0.2) is 0 Å². The van der Waals surface area contributed by atoms with Crippen LogP contribution in [-0.4, -0.2) is 61.3 Å². The number of carbonyl (C=O) groups is 2. The lowest BCUT2D eigenvalue weighted by molar-refractivity contribution is -0.129. The van der Waals surface area contributed by atoms with Gasteiger partial charge in [0.15, 0.2) is 0 Å². The average Bonchev–Trinajstić information content (AvgIpc) is 2.74. The van der Waals surface area contributed by atoms with Crippen LogP contribution in [0.3, 0.4) is 0 Å². The molecule has 0 radical (unpaired) electrons. The van der Waals surface area contributed by atoms with E-state index < -0.39 is 0 Å². The molecule has 0 aromatic carbocycles. The minimum Gasteiger partial charge on any atom is -0.394 e. The SMILES string of the molecule is CC[C@@H](CO)NC(=O)C1CC(=O)N(CCOC)C1. The number of amides is 2. The third-order valence-electron chi connectivity index (χ3n) is 3.21. The Labute approximate surface area is 107 Å². The van der Waals surface area contributed by atoms with Crippen LogP contribution in [-0.2, 0) is 14.3 Å². The molecular formula is C12H22N2O4. The van der Waals surface area contributed by atoms with Crippen molar-refractivity contribution in [3.05, 3.63) is 0 Å². The van der Waals surface area contributed by atoms with E-state index in [1.807, 2.05) is 6.92 Å². The molecule has 0 aromatic rings. The van der Waals surface area contributed by atoms with Crippen LogP contribution in [0.25, 0.3) is 0 Å². The van der Waals surface area contributed by atoms with Gasteiger partial charge in [-0.15, -0.1) is 0 Å². The molecule has 0 spiro atoms. The van der Waals surface area contributed by atoms with E-state index in [2.05, 4.69) is 5.32 Å². The van der Waals surface area contributed by atoms with Gasteiger partial charge in [-0.3, -0.25) is 9.59 Å². The first-order chi connectivity index (χ1) is 8.62. The van der Waals surface area contributed by atoms with E-state index in [9.17, 15) is 9.59 Å². The van der Waals surface area contributed by atoms with Crippen LogP contribution in [0.4, 0.5) is 0 Å². The predicted molar refractivity (Wildman–Crippen MR) is 65.9 cm³/mol. The molecule has 1 fully saturated rings. The summed E-state index contributed by atoms with van der Waals surface area (Å²) in [5, 5.41) is 11.8. The molecule has 1 unspecified atom stereocenters. The zero-order chi connectivity index (χ0) is 13.5. The molecule has 18 heavy (non-hydrogen) atoms. The normalized spacial score (nSPS) is 21.2. The highest BCUT2D eigenvalue weighted by Crippen LogP contribution is 2.17. The third kappa shape index (κ3) is 3.96. The molecule has 1 aliphatic rings. The molecule has 2 N–H and O–H groups in total. The molecule has 0 bridgehead atoms. The number of rotatable bonds is 7. The van der Waals surface area contributed by atoms with E-state index in [0.717, 1.165) is 0 Å². The quantitative estimate of drug-likeness (QED) is 0.637. The van der Waals surface area contributed by atoms with Gasteiger partial charge >= 0.3 is 0 Å². The van der Waals surface area contributed by atoms with Crippen LogP contribution in [0.5, 0.6) is 0 Å². The Morgan fingerprint density at radius 1 is 1.67 bits per heavy atom. The smallest absolute Gasteiger partial charge is 0.225 e. The maximum atomic E-state index is 11.9. The molecule has 6 nitrogen and oxygen atoms in total. The van der Waals surface area contributed by atoms with Crippen molar-refractivity contribution in [3.63, 3.8) is 0 Å². The molecule has 0 aliphatic carbocycles. The third-order valence-corrected chi connectivity index (χ3v) is 3.21. The predicted octanol–water partition coefficient (Wildman–Crippen LogP) is -0.632. The van der Waals surface area contributed by atoms with Gasteiger partial charge in [0.25, 0.3) is 0 Å². The Balaban J connectivity index is 2.44. The van der Waals surface area contributed by atoms with Crippen molar-refractivity contribution in [2.75, 3.05) is 33.4 Å². The molecule has 2 atom stereocenters. The summed E-state index contributed by atoms with van der Waals surface area (Å²) < 4.78 is 4.92. The van der Waals surface area contributed by atoms with Crippen molar-refractivity contribution >= 4 is 11.8 Å². The zero-order valence-electron chi connectivity index (χ0n) is 11.0. The molecule has 0 aromatic heterocycles. The molecule has 104 valence electrons. The van der Waals surface area contributed by atoms with Gasteiger partial charge in [-0.1, -0.05) is 6.92 Å². The first-order valence-electron chi connectivity index (χ1n) is 6.30. The van der Waals surface area contributed by atoms with E-state index in [1.54, 1.807) is 12.0 Å². The number of nitrogens with one attached hydrogen (secondary N) is 1. The highest BCUT2D eigenvalue weighted by Gasteiger charge is 2.34. The second-order valence-electron chi connectivity index (χ2n) is 4.53. The molecular weight excluding hydrogens is 236 g/mol. The fraction of sp³-hybridized carbons (Fsp3) is 0.833. The molecule has 6 heteroatoms. The summed E-state index contributed by atoms with van der Waals surface area (Å²) in [4.78, 5) is 25.2. The van der Waals surface area contributed by atoms with E-state index in [4.69, 9.17) is 9.84 Å². The van der Waals surface area contributed by atoms with E-state index in [0.29, 0.717) is 26.1 Å². The topological polar surface area (TPSA) is 78.9 Å². The highest BCUT2D eigenvalue weighted by atomic mass is 16.5. The van der Waals surface area contributed by atoms with Crippen LogP contribution in [0.2, 0.25) is 0 Å². The van der Waals surface area contributed by atoms with Gasteiger partial charge < -0.3 is 20.1 Å². The summed E-state index contributed by atoms with van der Waals surface area (Å²) in [6, 6.07) is -0.222. The monoisotopic (exact) mass is 258 g/mol. The van der Waals surface area contributed by atoms with Crippen molar-refractivity contribution in [2.45, 2.75) is 25.8 Å². The lowest BCUT2D eigenvalue weighted by Gasteiger charge is -2.18. The fourth-order valence-electron chi connectivity index (χ4n) is 1.96. The van der Waals surface area contributed by atoms with Gasteiger partial charge in [0.05, 0.1) is 25.2 Å². The average molecular weight is 258 g/mol. The Hall–Kier alpha value is -1.14. The minimum absolute atomic E-state index is 0.00996. The fourth-order valence-corrected chi connectivity index (χ4v) is 1.96. The van der Waals surface area contributed by atoms with Gasteiger partial charge in [0.2, 0.25) is 11.8 Å². The van der Waals surface area contributed by atoms with Crippen LogP contribution >= 0.6 is 0 Å². The number of hydrogen-bond donors (Lipinski definition) is 2. The summed E-state index contributed by atoms with van der Waals surface area (Å²) in [6.07, 6.45) is 0.924. The second-order valence-corrected chi connectivity index (χ2v) is 4.53.